The number of hydrogen-bond acceptors (Lipinski definition) is 3. The lowest BCUT2D eigenvalue weighted by atomic mass is 10.3. The van der Waals surface area contributed by atoms with Crippen LogP contribution in [0.2, 0.25) is 5.02 Å². The fourth-order valence-electron chi connectivity index (χ4n) is 1.67. The Balaban J connectivity index is 2.56. The molecule has 1 aromatic heterocycles. The van der Waals surface area contributed by atoms with E-state index in [9.17, 15) is 4.79 Å². The number of aromatic carboxylic acids is 1. The number of rotatable bonds is 4. The lowest BCUT2D eigenvalue weighted by molar-refractivity contribution is 0.0683. The molecule has 0 unspecified atom stereocenters. The van der Waals surface area contributed by atoms with Gasteiger partial charge in [-0.3, -0.25) is 0 Å². The third-order valence-electron chi connectivity index (χ3n) is 2.48. The van der Waals surface area contributed by atoms with Crippen molar-refractivity contribution < 1.29 is 9.90 Å². The number of benzene rings is 1. The molecular formula is C12H11BrClN3O2. The summed E-state index contributed by atoms with van der Waals surface area (Å²) in [5.41, 5.74) is 0.619. The third kappa shape index (κ3) is 2.96. The molecule has 1 aromatic carbocycles. The second kappa shape index (κ2) is 5.71. The van der Waals surface area contributed by atoms with Crippen molar-refractivity contribution in [3.8, 4) is 5.69 Å². The Morgan fingerprint density at radius 3 is 2.84 bits per heavy atom. The van der Waals surface area contributed by atoms with Crippen molar-refractivity contribution >= 4 is 33.5 Å². The van der Waals surface area contributed by atoms with E-state index in [1.165, 1.54) is 4.68 Å². The highest BCUT2D eigenvalue weighted by atomic mass is 79.9. The van der Waals surface area contributed by atoms with Crippen LogP contribution in [0.1, 0.15) is 29.8 Å². The van der Waals surface area contributed by atoms with E-state index in [-0.39, 0.29) is 5.82 Å². The highest BCUT2D eigenvalue weighted by molar-refractivity contribution is 9.10. The molecule has 0 aliphatic carbocycles. The second-order valence-electron chi connectivity index (χ2n) is 3.91. The Bertz CT molecular complexity index is 627. The fourth-order valence-corrected chi connectivity index (χ4v) is 2.42. The monoisotopic (exact) mass is 343 g/mol. The molecule has 19 heavy (non-hydrogen) atoms. The largest absolute Gasteiger partial charge is 0.475 e. The zero-order valence-electron chi connectivity index (χ0n) is 10.1. The molecule has 1 heterocycles. The van der Waals surface area contributed by atoms with Gasteiger partial charge in [0.05, 0.1) is 10.7 Å². The second-order valence-corrected chi connectivity index (χ2v) is 5.24. The Morgan fingerprint density at radius 2 is 2.26 bits per heavy atom. The molecule has 0 saturated heterocycles. The van der Waals surface area contributed by atoms with E-state index in [1.807, 2.05) is 13.0 Å². The van der Waals surface area contributed by atoms with Crippen LogP contribution < -0.4 is 0 Å². The SMILES string of the molecule is CCCc1nc(C(=O)O)nn1-c1ccc(Br)cc1Cl. The molecule has 0 radical (unpaired) electrons. The zero-order chi connectivity index (χ0) is 14.0. The topological polar surface area (TPSA) is 68.0 Å². The lowest BCUT2D eigenvalue weighted by Crippen LogP contribution is -2.04. The van der Waals surface area contributed by atoms with E-state index in [0.717, 1.165) is 10.9 Å². The van der Waals surface area contributed by atoms with Crippen molar-refractivity contribution in [3.05, 3.63) is 39.3 Å². The molecule has 0 amide bonds. The normalized spacial score (nSPS) is 10.7. The summed E-state index contributed by atoms with van der Waals surface area (Å²) in [6.45, 7) is 1.99. The van der Waals surface area contributed by atoms with Gasteiger partial charge in [-0.25, -0.2) is 14.5 Å². The van der Waals surface area contributed by atoms with Gasteiger partial charge in [0.1, 0.15) is 5.82 Å². The van der Waals surface area contributed by atoms with E-state index in [2.05, 4.69) is 26.0 Å². The van der Waals surface area contributed by atoms with Crippen molar-refractivity contribution in [2.45, 2.75) is 19.8 Å². The average Bonchev–Trinajstić information content (AvgIpc) is 2.74. The van der Waals surface area contributed by atoms with Crippen LogP contribution in [0.3, 0.4) is 0 Å². The van der Waals surface area contributed by atoms with Gasteiger partial charge in [0.15, 0.2) is 0 Å². The summed E-state index contributed by atoms with van der Waals surface area (Å²) in [6.07, 6.45) is 1.47. The minimum atomic E-state index is -1.15. The predicted octanol–water partition coefficient (Wildman–Crippen LogP) is 3.33. The third-order valence-corrected chi connectivity index (χ3v) is 3.27. The molecule has 2 aromatic rings. The standard InChI is InChI=1S/C12H11BrClN3O2/c1-2-3-10-15-11(12(18)19)16-17(10)9-5-4-7(13)6-8(9)14/h4-6H,2-3H2,1H3,(H,18,19). The van der Waals surface area contributed by atoms with Crippen LogP contribution >= 0.6 is 27.5 Å². The number of halogens is 2. The number of aromatic nitrogens is 3. The van der Waals surface area contributed by atoms with Crippen LogP contribution in [-0.2, 0) is 6.42 Å². The molecule has 0 saturated carbocycles. The molecule has 1 N–H and O–H groups in total. The van der Waals surface area contributed by atoms with E-state index in [4.69, 9.17) is 16.7 Å². The smallest absolute Gasteiger partial charge is 0.375 e. The molecule has 0 fully saturated rings. The maximum absolute atomic E-state index is 11.0. The molecule has 0 aliphatic rings. The molecule has 100 valence electrons. The minimum absolute atomic E-state index is 0.220. The Labute approximate surface area is 123 Å². The summed E-state index contributed by atoms with van der Waals surface area (Å²) >= 11 is 9.48. The Hall–Kier alpha value is -1.40. The maximum Gasteiger partial charge on any atom is 0.375 e. The molecule has 7 heteroatoms. The summed E-state index contributed by atoms with van der Waals surface area (Å²) in [6, 6.07) is 5.32. The fraction of sp³-hybridized carbons (Fsp3) is 0.250. The Kier molecular flexibility index (Phi) is 4.21. The van der Waals surface area contributed by atoms with E-state index < -0.39 is 5.97 Å². The van der Waals surface area contributed by atoms with E-state index in [1.54, 1.807) is 12.1 Å². The highest BCUT2D eigenvalue weighted by Gasteiger charge is 2.17. The molecule has 0 spiro atoms. The molecule has 0 bridgehead atoms. The molecule has 5 nitrogen and oxygen atoms in total. The summed E-state index contributed by atoms with van der Waals surface area (Å²) in [4.78, 5) is 15.0. The summed E-state index contributed by atoms with van der Waals surface area (Å²) in [7, 11) is 0. The van der Waals surface area contributed by atoms with Gasteiger partial charge in [0.2, 0.25) is 0 Å². The van der Waals surface area contributed by atoms with Gasteiger partial charge in [0.25, 0.3) is 5.82 Å². The number of hydrogen-bond donors (Lipinski definition) is 1. The van der Waals surface area contributed by atoms with Gasteiger partial charge in [-0.15, -0.1) is 5.10 Å². The van der Waals surface area contributed by atoms with Gasteiger partial charge in [-0.05, 0) is 24.6 Å². The first-order valence-electron chi connectivity index (χ1n) is 5.67. The zero-order valence-corrected chi connectivity index (χ0v) is 12.4. The van der Waals surface area contributed by atoms with E-state index in [0.29, 0.717) is 23.0 Å². The number of carbonyl (C=O) groups is 1. The first-order chi connectivity index (χ1) is 9.02. The predicted molar refractivity (Wildman–Crippen MR) is 75.0 cm³/mol. The highest BCUT2D eigenvalue weighted by Crippen LogP contribution is 2.25. The van der Waals surface area contributed by atoms with Gasteiger partial charge in [-0.2, -0.15) is 0 Å². The first-order valence-corrected chi connectivity index (χ1v) is 6.84. The van der Waals surface area contributed by atoms with Gasteiger partial charge >= 0.3 is 5.97 Å². The van der Waals surface area contributed by atoms with Crippen LogP contribution in [0.15, 0.2) is 22.7 Å². The number of aryl methyl sites for hydroxylation is 1. The van der Waals surface area contributed by atoms with Gasteiger partial charge in [-0.1, -0.05) is 34.5 Å². The first kappa shape index (κ1) is 14.0. The van der Waals surface area contributed by atoms with Gasteiger partial charge < -0.3 is 5.11 Å². The maximum atomic E-state index is 11.0. The van der Waals surface area contributed by atoms with Crippen molar-refractivity contribution in [2.75, 3.05) is 0 Å². The van der Waals surface area contributed by atoms with Crippen LogP contribution in [-0.4, -0.2) is 25.8 Å². The van der Waals surface area contributed by atoms with E-state index >= 15 is 0 Å². The van der Waals surface area contributed by atoms with Crippen LogP contribution in [0, 0.1) is 0 Å². The van der Waals surface area contributed by atoms with Crippen LogP contribution in [0.4, 0.5) is 0 Å². The van der Waals surface area contributed by atoms with Crippen molar-refractivity contribution in [1.29, 1.82) is 0 Å². The summed E-state index contributed by atoms with van der Waals surface area (Å²) in [5, 5.41) is 13.4. The average molecular weight is 345 g/mol. The number of nitrogens with zero attached hydrogens (tertiary/aromatic N) is 3. The van der Waals surface area contributed by atoms with Crippen LogP contribution in [0.25, 0.3) is 5.69 Å². The van der Waals surface area contributed by atoms with Gasteiger partial charge in [0, 0.05) is 10.9 Å². The molecule has 0 aliphatic heterocycles. The number of carboxylic acid groups (broad SMARTS) is 1. The lowest BCUT2D eigenvalue weighted by Gasteiger charge is -2.07. The molecule has 0 atom stereocenters. The molecule has 2 rings (SSSR count). The number of carboxylic acids is 1. The van der Waals surface area contributed by atoms with Crippen molar-refractivity contribution in [2.24, 2.45) is 0 Å². The Morgan fingerprint density at radius 1 is 1.53 bits per heavy atom. The minimum Gasteiger partial charge on any atom is -0.475 e. The summed E-state index contributed by atoms with van der Waals surface area (Å²) in [5.74, 6) is -0.782. The quantitative estimate of drug-likeness (QED) is 0.923. The molecular weight excluding hydrogens is 334 g/mol. The summed E-state index contributed by atoms with van der Waals surface area (Å²) < 4.78 is 2.33. The van der Waals surface area contributed by atoms with Crippen LogP contribution in [0.5, 0.6) is 0 Å². The van der Waals surface area contributed by atoms with Crippen molar-refractivity contribution in [1.82, 2.24) is 14.8 Å². The van der Waals surface area contributed by atoms with Crippen molar-refractivity contribution in [3.63, 3.8) is 0 Å².